The third-order valence-corrected chi connectivity index (χ3v) is 6.34. The SMILES string of the molecule is O=C(O)c1[nH]ncc1C1CCCN(C(=O)OCC2c3ccccc3-c3ccccc32)C1. The van der Waals surface area contributed by atoms with Crippen molar-refractivity contribution in [2.75, 3.05) is 19.7 Å². The van der Waals surface area contributed by atoms with Gasteiger partial charge >= 0.3 is 12.1 Å². The number of carbonyl (C=O) groups is 2. The summed E-state index contributed by atoms with van der Waals surface area (Å²) in [5, 5.41) is 15.8. The molecule has 1 aliphatic carbocycles. The van der Waals surface area contributed by atoms with Crippen molar-refractivity contribution < 1.29 is 19.4 Å². The first-order chi connectivity index (χ1) is 15.1. The van der Waals surface area contributed by atoms with Crippen LogP contribution < -0.4 is 0 Å². The second-order valence-electron chi connectivity index (χ2n) is 8.09. The fourth-order valence-electron chi connectivity index (χ4n) is 4.86. The van der Waals surface area contributed by atoms with Gasteiger partial charge < -0.3 is 14.7 Å². The van der Waals surface area contributed by atoms with Crippen LogP contribution in [0.3, 0.4) is 0 Å². The number of aromatic nitrogens is 2. The number of carbonyl (C=O) groups excluding carboxylic acids is 1. The van der Waals surface area contributed by atoms with Crippen LogP contribution in [0.15, 0.2) is 54.7 Å². The molecule has 0 radical (unpaired) electrons. The normalized spacial score (nSPS) is 17.8. The van der Waals surface area contributed by atoms with E-state index in [2.05, 4.69) is 34.5 Å². The summed E-state index contributed by atoms with van der Waals surface area (Å²) in [6.45, 7) is 1.31. The minimum atomic E-state index is -1.04. The van der Waals surface area contributed by atoms with Crippen LogP contribution in [0.2, 0.25) is 0 Å². The summed E-state index contributed by atoms with van der Waals surface area (Å²) in [6, 6.07) is 16.5. The number of rotatable bonds is 4. The molecule has 5 rings (SSSR count). The van der Waals surface area contributed by atoms with Crippen LogP contribution in [0.1, 0.15) is 51.9 Å². The van der Waals surface area contributed by atoms with Gasteiger partial charge in [0.05, 0.1) is 6.20 Å². The lowest BCUT2D eigenvalue weighted by atomic mass is 9.91. The number of carboxylic acids is 1. The zero-order valence-corrected chi connectivity index (χ0v) is 17.0. The Bertz CT molecular complexity index is 1090. The molecule has 2 aliphatic rings. The van der Waals surface area contributed by atoms with Crippen molar-refractivity contribution in [3.05, 3.63) is 77.1 Å². The third kappa shape index (κ3) is 3.46. The minimum Gasteiger partial charge on any atom is -0.477 e. The Morgan fingerprint density at radius 2 is 1.74 bits per heavy atom. The fourth-order valence-corrected chi connectivity index (χ4v) is 4.86. The lowest BCUT2D eigenvalue weighted by Crippen LogP contribution is -2.40. The Morgan fingerprint density at radius 1 is 1.06 bits per heavy atom. The topological polar surface area (TPSA) is 95.5 Å². The zero-order valence-electron chi connectivity index (χ0n) is 17.0. The lowest BCUT2D eigenvalue weighted by molar-refractivity contribution is 0.0687. The number of ether oxygens (including phenoxy) is 1. The number of aromatic amines is 1. The first-order valence-corrected chi connectivity index (χ1v) is 10.5. The molecule has 3 aromatic rings. The molecule has 1 aromatic heterocycles. The first kappa shape index (κ1) is 19.4. The van der Waals surface area contributed by atoms with Gasteiger partial charge in [-0.25, -0.2) is 9.59 Å². The van der Waals surface area contributed by atoms with Gasteiger partial charge in [0.2, 0.25) is 0 Å². The maximum Gasteiger partial charge on any atom is 0.409 e. The van der Waals surface area contributed by atoms with E-state index in [9.17, 15) is 14.7 Å². The van der Waals surface area contributed by atoms with Gasteiger partial charge in [0.25, 0.3) is 0 Å². The van der Waals surface area contributed by atoms with Crippen molar-refractivity contribution >= 4 is 12.1 Å². The number of hydrogen-bond donors (Lipinski definition) is 2. The number of nitrogens with zero attached hydrogens (tertiary/aromatic N) is 2. The smallest absolute Gasteiger partial charge is 0.409 e. The maximum absolute atomic E-state index is 12.9. The molecule has 158 valence electrons. The molecule has 2 heterocycles. The van der Waals surface area contributed by atoms with E-state index >= 15 is 0 Å². The van der Waals surface area contributed by atoms with Crippen molar-refractivity contribution in [3.8, 4) is 11.1 Å². The molecule has 1 saturated heterocycles. The van der Waals surface area contributed by atoms with Gasteiger partial charge in [-0.05, 0) is 35.1 Å². The monoisotopic (exact) mass is 417 g/mol. The summed E-state index contributed by atoms with van der Waals surface area (Å²) < 4.78 is 5.77. The summed E-state index contributed by atoms with van der Waals surface area (Å²) in [4.78, 5) is 26.0. The quantitative estimate of drug-likeness (QED) is 0.662. The molecule has 0 saturated carbocycles. The Balaban J connectivity index is 1.29. The second kappa shape index (κ2) is 7.91. The van der Waals surface area contributed by atoms with Gasteiger partial charge in [-0.15, -0.1) is 0 Å². The van der Waals surface area contributed by atoms with Gasteiger partial charge in [-0.3, -0.25) is 5.10 Å². The molecule has 1 fully saturated rings. The van der Waals surface area contributed by atoms with E-state index in [0.29, 0.717) is 18.7 Å². The highest BCUT2D eigenvalue weighted by Crippen LogP contribution is 2.44. The number of piperidine rings is 1. The van der Waals surface area contributed by atoms with Crippen LogP contribution in [0.4, 0.5) is 4.79 Å². The molecular formula is C24H23N3O4. The Hall–Kier alpha value is -3.61. The number of H-pyrrole nitrogens is 1. The van der Waals surface area contributed by atoms with E-state index in [1.165, 1.54) is 22.3 Å². The van der Waals surface area contributed by atoms with Gasteiger partial charge in [0.1, 0.15) is 12.3 Å². The first-order valence-electron chi connectivity index (χ1n) is 10.5. The third-order valence-electron chi connectivity index (χ3n) is 6.34. The number of carboxylic acid groups (broad SMARTS) is 1. The van der Waals surface area contributed by atoms with Crippen LogP contribution in [0, 0.1) is 0 Å². The van der Waals surface area contributed by atoms with Crippen molar-refractivity contribution in [3.63, 3.8) is 0 Å². The highest BCUT2D eigenvalue weighted by molar-refractivity contribution is 5.87. The molecule has 7 nitrogen and oxygen atoms in total. The van der Waals surface area contributed by atoms with E-state index in [0.717, 1.165) is 12.8 Å². The highest BCUT2D eigenvalue weighted by Gasteiger charge is 2.32. The molecule has 1 amide bonds. The maximum atomic E-state index is 12.9. The second-order valence-corrected chi connectivity index (χ2v) is 8.09. The van der Waals surface area contributed by atoms with Crippen molar-refractivity contribution in [1.29, 1.82) is 0 Å². The molecule has 1 unspecified atom stereocenters. The molecular weight excluding hydrogens is 394 g/mol. The Morgan fingerprint density at radius 3 is 2.42 bits per heavy atom. The van der Waals surface area contributed by atoms with Gasteiger partial charge in [-0.1, -0.05) is 48.5 Å². The van der Waals surface area contributed by atoms with E-state index in [4.69, 9.17) is 4.74 Å². The number of fused-ring (bicyclic) bond motifs is 3. The number of benzene rings is 2. The summed E-state index contributed by atoms with van der Waals surface area (Å²) in [5.41, 5.74) is 5.48. The van der Waals surface area contributed by atoms with E-state index in [-0.39, 0.29) is 30.2 Å². The molecule has 1 aliphatic heterocycles. The predicted octanol–water partition coefficient (Wildman–Crippen LogP) is 4.24. The largest absolute Gasteiger partial charge is 0.477 e. The summed E-state index contributed by atoms with van der Waals surface area (Å²) in [6.07, 6.45) is 2.80. The molecule has 2 aromatic carbocycles. The lowest BCUT2D eigenvalue weighted by Gasteiger charge is -2.32. The van der Waals surface area contributed by atoms with Gasteiger partial charge in [0.15, 0.2) is 0 Å². The van der Waals surface area contributed by atoms with Crippen LogP contribution in [-0.4, -0.2) is 52.0 Å². The van der Waals surface area contributed by atoms with Crippen molar-refractivity contribution in [2.24, 2.45) is 0 Å². The Kier molecular flexibility index (Phi) is 4.94. The number of amides is 1. The van der Waals surface area contributed by atoms with Crippen LogP contribution in [0.25, 0.3) is 11.1 Å². The number of nitrogens with one attached hydrogen (secondary N) is 1. The molecule has 2 N–H and O–H groups in total. The minimum absolute atomic E-state index is 0.0180. The summed E-state index contributed by atoms with van der Waals surface area (Å²) >= 11 is 0. The fraction of sp³-hybridized carbons (Fsp3) is 0.292. The predicted molar refractivity (Wildman–Crippen MR) is 114 cm³/mol. The number of hydrogen-bond acceptors (Lipinski definition) is 4. The highest BCUT2D eigenvalue weighted by atomic mass is 16.6. The number of aromatic carboxylic acids is 1. The van der Waals surface area contributed by atoms with E-state index in [1.807, 2.05) is 24.3 Å². The van der Waals surface area contributed by atoms with Crippen molar-refractivity contribution in [2.45, 2.75) is 24.7 Å². The van der Waals surface area contributed by atoms with Crippen molar-refractivity contribution in [1.82, 2.24) is 15.1 Å². The Labute approximate surface area is 179 Å². The van der Waals surface area contributed by atoms with Crippen LogP contribution in [0.5, 0.6) is 0 Å². The molecule has 0 bridgehead atoms. The van der Waals surface area contributed by atoms with Gasteiger partial charge in [0, 0.05) is 30.5 Å². The molecule has 7 heteroatoms. The van der Waals surface area contributed by atoms with Gasteiger partial charge in [-0.2, -0.15) is 5.10 Å². The van der Waals surface area contributed by atoms with E-state index in [1.54, 1.807) is 11.1 Å². The molecule has 0 spiro atoms. The summed E-state index contributed by atoms with van der Waals surface area (Å²) in [7, 11) is 0. The average molecular weight is 417 g/mol. The van der Waals surface area contributed by atoms with E-state index < -0.39 is 5.97 Å². The molecule has 1 atom stereocenters. The van der Waals surface area contributed by atoms with Crippen LogP contribution in [-0.2, 0) is 4.74 Å². The average Bonchev–Trinajstić information content (AvgIpc) is 3.41. The molecule has 31 heavy (non-hydrogen) atoms. The number of likely N-dealkylation sites (tertiary alicyclic amines) is 1. The summed E-state index contributed by atoms with van der Waals surface area (Å²) in [5.74, 6) is -1.09. The standard InChI is InChI=1S/C24H23N3O4/c28-23(29)22-20(12-25-26-22)15-6-5-11-27(13-15)24(30)31-14-21-18-9-3-1-7-16(18)17-8-2-4-10-19(17)21/h1-4,7-10,12,15,21H,5-6,11,13-14H2,(H,25,26)(H,28,29). The zero-order chi connectivity index (χ0) is 21.4. The van der Waals surface area contributed by atoms with Crippen LogP contribution >= 0.6 is 0 Å².